The third-order valence-electron chi connectivity index (χ3n) is 2.40. The third kappa shape index (κ3) is 3.14. The number of anilines is 2. The molecular formula is C12H18N4OS. The molecule has 0 saturated carbocycles. The minimum absolute atomic E-state index is 0.181. The zero-order valence-corrected chi connectivity index (χ0v) is 11.8. The van der Waals surface area contributed by atoms with Crippen molar-refractivity contribution in [1.29, 1.82) is 0 Å². The van der Waals surface area contributed by atoms with Gasteiger partial charge in [0, 0.05) is 20.6 Å². The van der Waals surface area contributed by atoms with Crippen molar-refractivity contribution in [3.63, 3.8) is 0 Å². The second-order valence-corrected chi connectivity index (χ2v) is 4.98. The number of rotatable bonds is 5. The summed E-state index contributed by atoms with van der Waals surface area (Å²) in [5, 5.41) is 0.756. The lowest BCUT2D eigenvalue weighted by Gasteiger charge is -2.13. The van der Waals surface area contributed by atoms with E-state index in [-0.39, 0.29) is 18.3 Å². The highest BCUT2D eigenvalue weighted by molar-refractivity contribution is 7.18. The molecule has 1 heterocycles. The van der Waals surface area contributed by atoms with Gasteiger partial charge in [0.15, 0.2) is 5.13 Å². The zero-order valence-electron chi connectivity index (χ0n) is 10.9. The Morgan fingerprint density at radius 2 is 2.22 bits per heavy atom. The molecule has 1 rings (SSSR count). The van der Waals surface area contributed by atoms with Crippen molar-refractivity contribution < 1.29 is 4.79 Å². The predicted octanol–water partition coefficient (Wildman–Crippen LogP) is 1.28. The highest BCUT2D eigenvalue weighted by Gasteiger charge is 2.20. The lowest BCUT2D eigenvalue weighted by molar-refractivity contribution is 0.0818. The summed E-state index contributed by atoms with van der Waals surface area (Å²) in [6.45, 7) is 3.22. The van der Waals surface area contributed by atoms with Crippen LogP contribution < -0.4 is 10.6 Å². The summed E-state index contributed by atoms with van der Waals surface area (Å²) in [5.41, 5.74) is 5.78. The summed E-state index contributed by atoms with van der Waals surface area (Å²) in [5.74, 6) is 2.51. The molecule has 2 N–H and O–H groups in total. The molecule has 0 saturated heterocycles. The second kappa shape index (κ2) is 6.26. The van der Waals surface area contributed by atoms with Gasteiger partial charge in [-0.25, -0.2) is 4.98 Å². The summed E-state index contributed by atoms with van der Waals surface area (Å²) in [6.07, 6.45) is 6.19. The van der Waals surface area contributed by atoms with Gasteiger partial charge in [-0.2, -0.15) is 0 Å². The largest absolute Gasteiger partial charge is 0.382 e. The molecule has 6 heteroatoms. The van der Waals surface area contributed by atoms with Gasteiger partial charge in [0.25, 0.3) is 5.91 Å². The molecule has 0 aromatic carbocycles. The van der Waals surface area contributed by atoms with Gasteiger partial charge >= 0.3 is 0 Å². The van der Waals surface area contributed by atoms with E-state index in [1.807, 2.05) is 11.9 Å². The predicted molar refractivity (Wildman–Crippen MR) is 75.9 cm³/mol. The summed E-state index contributed by atoms with van der Waals surface area (Å²) in [7, 11) is 3.58. The molecule has 0 radical (unpaired) electrons. The van der Waals surface area contributed by atoms with E-state index >= 15 is 0 Å². The number of nitrogens with zero attached hydrogens (tertiary/aromatic N) is 3. The molecule has 0 aliphatic heterocycles. The molecule has 1 amide bonds. The van der Waals surface area contributed by atoms with Gasteiger partial charge in [-0.1, -0.05) is 24.2 Å². The molecule has 5 nitrogen and oxygen atoms in total. The molecule has 0 unspecified atom stereocenters. The number of hydrogen-bond donors (Lipinski definition) is 1. The van der Waals surface area contributed by atoms with Gasteiger partial charge in [-0.05, 0) is 6.42 Å². The Morgan fingerprint density at radius 1 is 1.56 bits per heavy atom. The molecule has 0 aliphatic carbocycles. The Morgan fingerprint density at radius 3 is 2.78 bits per heavy atom. The maximum Gasteiger partial charge on any atom is 0.268 e. The molecule has 1 aromatic heterocycles. The fraction of sp³-hybridized carbons (Fsp3) is 0.500. The SMILES string of the molecule is C#CCN(C)C(=O)c1sc(N(C)CCC)nc1N. The van der Waals surface area contributed by atoms with Gasteiger partial charge in [-0.15, -0.1) is 6.42 Å². The number of thiazole rings is 1. The smallest absolute Gasteiger partial charge is 0.268 e. The van der Waals surface area contributed by atoms with Crippen LogP contribution in [0.4, 0.5) is 10.9 Å². The highest BCUT2D eigenvalue weighted by atomic mass is 32.1. The van der Waals surface area contributed by atoms with Crippen molar-refractivity contribution in [3.05, 3.63) is 4.88 Å². The van der Waals surface area contributed by atoms with Crippen molar-refractivity contribution in [2.75, 3.05) is 37.8 Å². The van der Waals surface area contributed by atoms with Crippen molar-refractivity contribution in [2.45, 2.75) is 13.3 Å². The topological polar surface area (TPSA) is 62.5 Å². The molecule has 1 aromatic rings. The quantitative estimate of drug-likeness (QED) is 0.815. The minimum Gasteiger partial charge on any atom is -0.382 e. The van der Waals surface area contributed by atoms with E-state index in [0.717, 1.165) is 18.1 Å². The van der Waals surface area contributed by atoms with Crippen molar-refractivity contribution in [2.24, 2.45) is 0 Å². The maximum absolute atomic E-state index is 12.1. The molecule has 0 fully saturated rings. The van der Waals surface area contributed by atoms with E-state index in [0.29, 0.717) is 4.88 Å². The normalized spacial score (nSPS) is 9.89. The van der Waals surface area contributed by atoms with E-state index in [9.17, 15) is 4.79 Å². The van der Waals surface area contributed by atoms with Crippen LogP contribution in [0.5, 0.6) is 0 Å². The Balaban J connectivity index is 2.91. The molecule has 98 valence electrons. The van der Waals surface area contributed by atoms with Crippen molar-refractivity contribution in [3.8, 4) is 12.3 Å². The molecule has 0 atom stereocenters. The van der Waals surface area contributed by atoms with Gasteiger partial charge in [0.05, 0.1) is 6.54 Å². The van der Waals surface area contributed by atoms with Crippen molar-refractivity contribution in [1.82, 2.24) is 9.88 Å². The fourth-order valence-electron chi connectivity index (χ4n) is 1.45. The first-order chi connectivity index (χ1) is 8.51. The first-order valence-corrected chi connectivity index (χ1v) is 6.49. The number of carbonyl (C=O) groups is 1. The Hall–Kier alpha value is -1.74. The van der Waals surface area contributed by atoms with Crippen LogP contribution in [0.25, 0.3) is 0 Å². The van der Waals surface area contributed by atoms with E-state index in [1.165, 1.54) is 16.2 Å². The summed E-state index contributed by atoms with van der Waals surface area (Å²) in [4.78, 5) is 20.2. The first kappa shape index (κ1) is 14.3. The Labute approximate surface area is 112 Å². The first-order valence-electron chi connectivity index (χ1n) is 5.67. The van der Waals surface area contributed by atoms with E-state index in [4.69, 9.17) is 12.2 Å². The molecule has 0 spiro atoms. The van der Waals surface area contributed by atoms with Crippen LogP contribution in [0.15, 0.2) is 0 Å². The number of aromatic nitrogens is 1. The number of terminal acetylenes is 1. The fourth-order valence-corrected chi connectivity index (χ4v) is 2.42. The number of carbonyl (C=O) groups excluding carboxylic acids is 1. The Kier molecular flexibility index (Phi) is 4.98. The number of hydrogen-bond acceptors (Lipinski definition) is 5. The standard InChI is InChI=1S/C12H18N4OS/c1-5-7-15(3)11(17)9-10(13)14-12(18-9)16(4)8-6-2/h1H,6-8,13H2,2-4H3. The zero-order chi connectivity index (χ0) is 13.7. The summed E-state index contributed by atoms with van der Waals surface area (Å²) >= 11 is 1.30. The van der Waals surface area contributed by atoms with Gasteiger partial charge in [0.2, 0.25) is 0 Å². The number of nitrogen functional groups attached to an aromatic ring is 1. The van der Waals surface area contributed by atoms with Crippen molar-refractivity contribution >= 4 is 28.2 Å². The lowest BCUT2D eigenvalue weighted by Crippen LogP contribution is -2.26. The van der Waals surface area contributed by atoms with Crippen LogP contribution in [-0.4, -0.2) is 43.0 Å². The van der Waals surface area contributed by atoms with Crippen LogP contribution in [0.1, 0.15) is 23.0 Å². The maximum atomic E-state index is 12.1. The summed E-state index contributed by atoms with van der Waals surface area (Å²) in [6, 6.07) is 0. The average Bonchev–Trinajstić information content (AvgIpc) is 2.71. The second-order valence-electron chi connectivity index (χ2n) is 4.00. The van der Waals surface area contributed by atoms with Crippen LogP contribution >= 0.6 is 11.3 Å². The van der Waals surface area contributed by atoms with E-state index in [1.54, 1.807) is 7.05 Å². The van der Waals surface area contributed by atoms with E-state index in [2.05, 4.69) is 17.8 Å². The minimum atomic E-state index is -0.181. The molecule has 0 bridgehead atoms. The van der Waals surface area contributed by atoms with Crippen LogP contribution in [0.2, 0.25) is 0 Å². The molecule has 18 heavy (non-hydrogen) atoms. The van der Waals surface area contributed by atoms with E-state index < -0.39 is 0 Å². The third-order valence-corrected chi connectivity index (χ3v) is 3.57. The van der Waals surface area contributed by atoms with Gasteiger partial charge in [-0.3, -0.25) is 4.79 Å². The average molecular weight is 266 g/mol. The van der Waals surface area contributed by atoms with Crippen LogP contribution in [0, 0.1) is 12.3 Å². The Bertz CT molecular complexity index is 463. The van der Waals surface area contributed by atoms with Crippen LogP contribution in [-0.2, 0) is 0 Å². The summed E-state index contributed by atoms with van der Waals surface area (Å²) < 4.78 is 0. The number of amides is 1. The monoisotopic (exact) mass is 266 g/mol. The number of nitrogens with two attached hydrogens (primary N) is 1. The van der Waals surface area contributed by atoms with Crippen LogP contribution in [0.3, 0.4) is 0 Å². The molecular weight excluding hydrogens is 248 g/mol. The van der Waals surface area contributed by atoms with Gasteiger partial charge < -0.3 is 15.5 Å². The highest BCUT2D eigenvalue weighted by Crippen LogP contribution is 2.28. The van der Waals surface area contributed by atoms with Gasteiger partial charge in [0.1, 0.15) is 10.7 Å². The lowest BCUT2D eigenvalue weighted by atomic mass is 10.4. The molecule has 0 aliphatic rings.